The number of fused-ring (bicyclic) bond motifs is 1. The SMILES string of the molecule is CCNc1cc2c(=O)n(CC(=O)OCC)nc(C(C)C)c2o1. The van der Waals surface area contributed by atoms with Crippen LogP contribution in [0.1, 0.15) is 39.3 Å². The van der Waals surface area contributed by atoms with E-state index in [0.29, 0.717) is 29.1 Å². The summed E-state index contributed by atoms with van der Waals surface area (Å²) in [5.41, 5.74) is 0.750. The van der Waals surface area contributed by atoms with Crippen LogP contribution in [0.3, 0.4) is 0 Å². The highest BCUT2D eigenvalue weighted by Crippen LogP contribution is 2.26. The van der Waals surface area contributed by atoms with Crippen LogP contribution in [0.5, 0.6) is 0 Å². The van der Waals surface area contributed by atoms with Crippen molar-refractivity contribution in [2.24, 2.45) is 0 Å². The minimum atomic E-state index is -0.485. The fourth-order valence-electron chi connectivity index (χ4n) is 2.18. The summed E-state index contributed by atoms with van der Waals surface area (Å²) in [6, 6.07) is 1.65. The molecule has 0 aliphatic carbocycles. The van der Waals surface area contributed by atoms with E-state index in [1.165, 1.54) is 0 Å². The molecule has 0 bridgehead atoms. The molecule has 0 spiro atoms. The predicted octanol–water partition coefficient (Wildman–Crippen LogP) is 2.11. The molecule has 0 aromatic carbocycles. The summed E-state index contributed by atoms with van der Waals surface area (Å²) in [7, 11) is 0. The van der Waals surface area contributed by atoms with E-state index in [4.69, 9.17) is 9.15 Å². The van der Waals surface area contributed by atoms with Crippen molar-refractivity contribution in [1.82, 2.24) is 9.78 Å². The van der Waals surface area contributed by atoms with E-state index < -0.39 is 5.97 Å². The first-order valence-electron chi connectivity index (χ1n) is 7.41. The predicted molar refractivity (Wildman–Crippen MR) is 83.2 cm³/mol. The van der Waals surface area contributed by atoms with E-state index in [9.17, 15) is 9.59 Å². The molecule has 0 radical (unpaired) electrons. The van der Waals surface area contributed by atoms with Gasteiger partial charge >= 0.3 is 5.97 Å². The van der Waals surface area contributed by atoms with Crippen molar-refractivity contribution in [1.29, 1.82) is 0 Å². The smallest absolute Gasteiger partial charge is 0.327 e. The number of carbonyl (C=O) groups excluding carboxylic acids is 1. The number of ether oxygens (including phenoxy) is 1. The Kier molecular flexibility index (Phi) is 4.85. The summed E-state index contributed by atoms with van der Waals surface area (Å²) in [6.45, 7) is 8.31. The van der Waals surface area contributed by atoms with Gasteiger partial charge in [-0.2, -0.15) is 5.10 Å². The maximum atomic E-state index is 12.5. The molecule has 2 aromatic rings. The Morgan fingerprint density at radius 3 is 2.77 bits per heavy atom. The molecular weight excluding hydrogens is 286 g/mol. The number of aromatic nitrogens is 2. The summed E-state index contributed by atoms with van der Waals surface area (Å²) in [4.78, 5) is 24.1. The monoisotopic (exact) mass is 307 g/mol. The van der Waals surface area contributed by atoms with Gasteiger partial charge in [-0.15, -0.1) is 0 Å². The average Bonchev–Trinajstić information content (AvgIpc) is 2.86. The van der Waals surface area contributed by atoms with Gasteiger partial charge in [-0.1, -0.05) is 13.8 Å². The lowest BCUT2D eigenvalue weighted by atomic mass is 10.1. The molecule has 7 nitrogen and oxygen atoms in total. The highest BCUT2D eigenvalue weighted by atomic mass is 16.5. The molecule has 0 aliphatic heterocycles. The second-order valence-corrected chi connectivity index (χ2v) is 5.19. The van der Waals surface area contributed by atoms with Crippen LogP contribution in [0, 0.1) is 0 Å². The van der Waals surface area contributed by atoms with Gasteiger partial charge in [-0.25, -0.2) is 4.68 Å². The Balaban J connectivity index is 2.56. The van der Waals surface area contributed by atoms with Crippen LogP contribution in [-0.2, 0) is 16.1 Å². The Bertz CT molecular complexity index is 730. The molecule has 0 unspecified atom stereocenters. The summed E-state index contributed by atoms with van der Waals surface area (Å²) >= 11 is 0. The summed E-state index contributed by atoms with van der Waals surface area (Å²) in [5, 5.41) is 7.73. The number of nitrogens with zero attached hydrogens (tertiary/aromatic N) is 2. The summed E-state index contributed by atoms with van der Waals surface area (Å²) in [6.07, 6.45) is 0. The third-order valence-corrected chi connectivity index (χ3v) is 3.14. The van der Waals surface area contributed by atoms with Crippen molar-refractivity contribution in [2.45, 2.75) is 40.2 Å². The van der Waals surface area contributed by atoms with E-state index in [-0.39, 0.29) is 24.6 Å². The Morgan fingerprint density at radius 1 is 1.45 bits per heavy atom. The van der Waals surface area contributed by atoms with Crippen molar-refractivity contribution >= 4 is 22.8 Å². The number of furan rings is 1. The van der Waals surface area contributed by atoms with E-state index in [1.807, 2.05) is 20.8 Å². The highest BCUT2D eigenvalue weighted by Gasteiger charge is 2.19. The molecule has 2 rings (SSSR count). The second-order valence-electron chi connectivity index (χ2n) is 5.19. The van der Waals surface area contributed by atoms with Gasteiger partial charge in [-0.05, 0) is 13.8 Å². The van der Waals surface area contributed by atoms with Crippen molar-refractivity contribution in [2.75, 3.05) is 18.5 Å². The first-order valence-corrected chi connectivity index (χ1v) is 7.41. The van der Waals surface area contributed by atoms with Crippen LogP contribution in [0.4, 0.5) is 5.88 Å². The van der Waals surface area contributed by atoms with Crippen molar-refractivity contribution in [3.05, 3.63) is 22.1 Å². The number of esters is 1. The van der Waals surface area contributed by atoms with Gasteiger partial charge in [0.05, 0.1) is 12.0 Å². The quantitative estimate of drug-likeness (QED) is 0.823. The van der Waals surface area contributed by atoms with Gasteiger partial charge in [0.2, 0.25) is 0 Å². The standard InChI is InChI=1S/C15H21N3O4/c1-5-16-11-7-10-14(22-11)13(9(3)4)17-18(15(10)20)8-12(19)21-6-2/h7,9,16H,5-6,8H2,1-4H3. The van der Waals surface area contributed by atoms with Crippen LogP contribution in [0.25, 0.3) is 11.0 Å². The Hall–Kier alpha value is -2.31. The lowest BCUT2D eigenvalue weighted by molar-refractivity contribution is -0.144. The fourth-order valence-corrected chi connectivity index (χ4v) is 2.18. The molecule has 7 heteroatoms. The lowest BCUT2D eigenvalue weighted by Gasteiger charge is -2.09. The zero-order valence-electron chi connectivity index (χ0n) is 13.3. The maximum absolute atomic E-state index is 12.5. The third-order valence-electron chi connectivity index (χ3n) is 3.14. The maximum Gasteiger partial charge on any atom is 0.327 e. The summed E-state index contributed by atoms with van der Waals surface area (Å²) in [5.74, 6) is 0.0888. The minimum absolute atomic E-state index is 0.0529. The first-order chi connectivity index (χ1) is 10.5. The average molecular weight is 307 g/mol. The first kappa shape index (κ1) is 16.1. The Labute approximate surface area is 128 Å². The van der Waals surface area contributed by atoms with E-state index in [2.05, 4.69) is 10.4 Å². The van der Waals surface area contributed by atoms with E-state index >= 15 is 0 Å². The molecular formula is C15H21N3O4. The minimum Gasteiger partial charge on any atom is -0.465 e. The van der Waals surface area contributed by atoms with Crippen molar-refractivity contribution in [3.63, 3.8) is 0 Å². The lowest BCUT2D eigenvalue weighted by Crippen LogP contribution is -2.28. The third kappa shape index (κ3) is 3.13. The van der Waals surface area contributed by atoms with Gasteiger partial charge in [-0.3, -0.25) is 9.59 Å². The van der Waals surface area contributed by atoms with Crippen LogP contribution in [-0.4, -0.2) is 28.9 Å². The van der Waals surface area contributed by atoms with Crippen molar-refractivity contribution in [3.8, 4) is 0 Å². The fraction of sp³-hybridized carbons (Fsp3) is 0.533. The number of carbonyl (C=O) groups is 1. The van der Waals surface area contributed by atoms with Crippen LogP contribution >= 0.6 is 0 Å². The molecule has 0 atom stereocenters. The molecule has 0 saturated carbocycles. The van der Waals surface area contributed by atoms with Gasteiger partial charge in [0, 0.05) is 18.5 Å². The van der Waals surface area contributed by atoms with E-state index in [1.54, 1.807) is 13.0 Å². The number of hydrogen-bond acceptors (Lipinski definition) is 6. The number of hydrogen-bond donors (Lipinski definition) is 1. The number of anilines is 1. The highest BCUT2D eigenvalue weighted by molar-refractivity contribution is 5.82. The van der Waals surface area contributed by atoms with Gasteiger partial charge < -0.3 is 14.5 Å². The topological polar surface area (TPSA) is 86.4 Å². The molecule has 0 aliphatic rings. The van der Waals surface area contributed by atoms with Crippen LogP contribution < -0.4 is 10.9 Å². The largest absolute Gasteiger partial charge is 0.465 e. The molecule has 1 N–H and O–H groups in total. The van der Waals surface area contributed by atoms with Crippen molar-refractivity contribution < 1.29 is 13.9 Å². The Morgan fingerprint density at radius 2 is 2.18 bits per heavy atom. The zero-order chi connectivity index (χ0) is 16.3. The van der Waals surface area contributed by atoms with Gasteiger partial charge in [0.1, 0.15) is 12.2 Å². The molecule has 0 saturated heterocycles. The molecule has 2 aromatic heterocycles. The van der Waals surface area contributed by atoms with Crippen LogP contribution in [0.15, 0.2) is 15.3 Å². The van der Waals surface area contributed by atoms with Gasteiger partial charge in [0.25, 0.3) is 5.56 Å². The van der Waals surface area contributed by atoms with Crippen LogP contribution in [0.2, 0.25) is 0 Å². The molecule has 120 valence electrons. The molecule has 22 heavy (non-hydrogen) atoms. The molecule has 0 fully saturated rings. The van der Waals surface area contributed by atoms with E-state index in [0.717, 1.165) is 4.68 Å². The normalized spacial score (nSPS) is 11.1. The molecule has 0 amide bonds. The number of nitrogens with one attached hydrogen (secondary N) is 1. The summed E-state index contributed by atoms with van der Waals surface area (Å²) < 4.78 is 11.7. The second kappa shape index (κ2) is 6.64. The zero-order valence-corrected chi connectivity index (χ0v) is 13.3. The van der Waals surface area contributed by atoms with Gasteiger partial charge in [0.15, 0.2) is 11.5 Å². The number of rotatable bonds is 6. The molecule has 2 heterocycles.